The van der Waals surface area contributed by atoms with Crippen molar-refractivity contribution in [1.82, 2.24) is 4.98 Å². The maximum atomic E-state index is 10.8. The minimum atomic E-state index is -0.747. The number of nitro benzene ring substituents is 1. The van der Waals surface area contributed by atoms with Gasteiger partial charge in [0.15, 0.2) is 10.6 Å². The van der Waals surface area contributed by atoms with Crippen LogP contribution in [0, 0.1) is 10.1 Å². The molecule has 2 rings (SSSR count). The van der Waals surface area contributed by atoms with Crippen molar-refractivity contribution in [2.75, 3.05) is 0 Å². The number of benzene rings is 1. The number of H-pyrrole nitrogens is 1. The van der Waals surface area contributed by atoms with Gasteiger partial charge in [0.1, 0.15) is 5.02 Å². The molecule has 8 heteroatoms. The zero-order valence-corrected chi connectivity index (χ0v) is 8.43. The van der Waals surface area contributed by atoms with Crippen LogP contribution in [0.5, 0.6) is 0 Å². The Morgan fingerprint density at radius 3 is 2.73 bits per heavy atom. The summed E-state index contributed by atoms with van der Waals surface area (Å²) in [7, 11) is 0. The molecule has 0 saturated carbocycles. The topological polar surface area (TPSA) is 89.1 Å². The van der Waals surface area contributed by atoms with Gasteiger partial charge >= 0.3 is 11.4 Å². The van der Waals surface area contributed by atoms with E-state index in [1.165, 1.54) is 6.07 Å². The van der Waals surface area contributed by atoms with Gasteiger partial charge in [-0.25, -0.2) is 4.79 Å². The first-order valence-electron chi connectivity index (χ1n) is 3.66. The number of aromatic amines is 1. The molecule has 1 aromatic heterocycles. The number of rotatable bonds is 1. The number of oxazole rings is 1. The molecule has 0 spiro atoms. The molecule has 0 aliphatic heterocycles. The molecule has 6 nitrogen and oxygen atoms in total. The van der Waals surface area contributed by atoms with Crippen LogP contribution in [0.25, 0.3) is 11.1 Å². The van der Waals surface area contributed by atoms with Crippen LogP contribution in [-0.2, 0) is 0 Å². The Labute approximate surface area is 91.5 Å². The van der Waals surface area contributed by atoms with E-state index in [1.807, 2.05) is 0 Å². The molecule has 0 unspecified atom stereocenters. The second-order valence-corrected chi connectivity index (χ2v) is 3.45. The predicted molar refractivity (Wildman–Crippen MR) is 53.5 cm³/mol. The second kappa shape index (κ2) is 3.25. The summed E-state index contributed by atoms with van der Waals surface area (Å²) in [5.41, 5.74) is -0.327. The number of fused-ring (bicyclic) bond motifs is 1. The summed E-state index contributed by atoms with van der Waals surface area (Å²) in [6, 6.07) is 1.21. The van der Waals surface area contributed by atoms with Gasteiger partial charge in [-0.2, -0.15) is 0 Å². The number of nitrogens with zero attached hydrogens (tertiary/aromatic N) is 1. The van der Waals surface area contributed by atoms with E-state index in [-0.39, 0.29) is 21.1 Å². The van der Waals surface area contributed by atoms with Crippen molar-refractivity contribution in [2.45, 2.75) is 0 Å². The quantitative estimate of drug-likeness (QED) is 0.620. The molecule has 0 aliphatic carbocycles. The Kier molecular flexibility index (Phi) is 2.17. The number of nitrogens with one attached hydrogen (secondary N) is 1. The minimum absolute atomic E-state index is 0.0715. The van der Waals surface area contributed by atoms with Crippen molar-refractivity contribution in [1.29, 1.82) is 0 Å². The second-order valence-electron chi connectivity index (χ2n) is 2.67. The molecular formula is C7H2Cl2N2O4. The number of halogens is 2. The van der Waals surface area contributed by atoms with Gasteiger partial charge in [-0.15, -0.1) is 0 Å². The molecule has 0 amide bonds. The molecule has 1 heterocycles. The Hall–Kier alpha value is -1.53. The van der Waals surface area contributed by atoms with E-state index < -0.39 is 16.4 Å². The molecule has 0 saturated heterocycles. The summed E-state index contributed by atoms with van der Waals surface area (Å²) in [5.74, 6) is -0.747. The third kappa shape index (κ3) is 1.47. The van der Waals surface area contributed by atoms with Gasteiger partial charge in [-0.3, -0.25) is 15.1 Å². The first-order chi connectivity index (χ1) is 7.00. The Balaban J connectivity index is 2.95. The molecule has 0 atom stereocenters. The van der Waals surface area contributed by atoms with Crippen LogP contribution in [0.2, 0.25) is 10.0 Å². The van der Waals surface area contributed by atoms with E-state index >= 15 is 0 Å². The fourth-order valence-electron chi connectivity index (χ4n) is 1.18. The van der Waals surface area contributed by atoms with Crippen LogP contribution in [0.3, 0.4) is 0 Å². The third-order valence-corrected chi connectivity index (χ3v) is 2.40. The Morgan fingerprint density at radius 2 is 2.13 bits per heavy atom. The van der Waals surface area contributed by atoms with Gasteiger partial charge in [0, 0.05) is 0 Å². The largest absolute Gasteiger partial charge is 0.417 e. The molecule has 2 aromatic rings. The average molecular weight is 249 g/mol. The maximum absolute atomic E-state index is 10.8. The normalized spacial score (nSPS) is 10.8. The van der Waals surface area contributed by atoms with Crippen molar-refractivity contribution in [3.8, 4) is 0 Å². The Bertz CT molecular complexity index is 615. The fourth-order valence-corrected chi connectivity index (χ4v) is 1.81. The smallest absolute Gasteiger partial charge is 0.406 e. The molecule has 1 aromatic carbocycles. The summed E-state index contributed by atoms with van der Waals surface area (Å²) >= 11 is 11.3. The van der Waals surface area contributed by atoms with Gasteiger partial charge < -0.3 is 4.42 Å². The number of hydrogen-bond acceptors (Lipinski definition) is 4. The summed E-state index contributed by atoms with van der Waals surface area (Å²) in [6.07, 6.45) is 0. The Morgan fingerprint density at radius 1 is 1.47 bits per heavy atom. The van der Waals surface area contributed by atoms with E-state index in [9.17, 15) is 14.9 Å². The molecule has 78 valence electrons. The molecule has 1 N–H and O–H groups in total. The van der Waals surface area contributed by atoms with Gasteiger partial charge in [-0.05, 0) is 6.07 Å². The van der Waals surface area contributed by atoms with Crippen LogP contribution >= 0.6 is 23.2 Å². The fraction of sp³-hybridized carbons (Fsp3) is 0. The lowest BCUT2D eigenvalue weighted by molar-refractivity contribution is -0.384. The highest BCUT2D eigenvalue weighted by molar-refractivity contribution is 6.41. The van der Waals surface area contributed by atoms with Gasteiger partial charge in [-0.1, -0.05) is 23.2 Å². The summed E-state index contributed by atoms with van der Waals surface area (Å²) in [6.45, 7) is 0. The lowest BCUT2D eigenvalue weighted by atomic mass is 10.3. The van der Waals surface area contributed by atoms with E-state index in [2.05, 4.69) is 9.40 Å². The highest BCUT2D eigenvalue weighted by Gasteiger charge is 2.23. The van der Waals surface area contributed by atoms with E-state index in [0.29, 0.717) is 0 Å². The average Bonchev–Trinajstić information content (AvgIpc) is 2.45. The lowest BCUT2D eigenvalue weighted by Crippen LogP contribution is -1.92. The van der Waals surface area contributed by atoms with Crippen LogP contribution in [0.1, 0.15) is 0 Å². The molecule has 0 aliphatic rings. The monoisotopic (exact) mass is 248 g/mol. The number of hydrogen-bond donors (Lipinski definition) is 1. The van der Waals surface area contributed by atoms with Gasteiger partial charge in [0.25, 0.3) is 0 Å². The van der Waals surface area contributed by atoms with E-state index in [4.69, 9.17) is 23.2 Å². The number of aromatic nitrogens is 1. The predicted octanol–water partition coefficient (Wildman–Crippen LogP) is 2.34. The summed E-state index contributed by atoms with van der Waals surface area (Å²) in [5, 5.41) is 10.2. The lowest BCUT2D eigenvalue weighted by Gasteiger charge is -1.97. The zero-order chi connectivity index (χ0) is 11.2. The molecule has 0 bridgehead atoms. The van der Waals surface area contributed by atoms with Crippen LogP contribution in [0.15, 0.2) is 15.3 Å². The van der Waals surface area contributed by atoms with Crippen molar-refractivity contribution in [3.63, 3.8) is 0 Å². The molecule has 0 fully saturated rings. The van der Waals surface area contributed by atoms with Crippen LogP contribution in [0.4, 0.5) is 5.69 Å². The van der Waals surface area contributed by atoms with Crippen LogP contribution in [-0.4, -0.2) is 9.91 Å². The van der Waals surface area contributed by atoms with Crippen molar-refractivity contribution in [2.24, 2.45) is 0 Å². The standard InChI is InChI=1S/C7H2Cl2N2O4/c8-2-1-3-6(15-7(12)10-3)4(9)5(2)11(13)14/h1H,(H,10,12). The SMILES string of the molecule is O=c1[nH]c2cc(Cl)c([N+](=O)[O-])c(Cl)c2o1. The minimum Gasteiger partial charge on any atom is -0.406 e. The van der Waals surface area contributed by atoms with Crippen molar-refractivity contribution < 1.29 is 9.34 Å². The highest BCUT2D eigenvalue weighted by atomic mass is 35.5. The molecule has 0 radical (unpaired) electrons. The van der Waals surface area contributed by atoms with Crippen molar-refractivity contribution in [3.05, 3.63) is 36.8 Å². The summed E-state index contributed by atoms with van der Waals surface area (Å²) < 4.78 is 4.64. The first kappa shape index (κ1) is 10.0. The van der Waals surface area contributed by atoms with Gasteiger partial charge in [0.05, 0.1) is 10.4 Å². The van der Waals surface area contributed by atoms with Gasteiger partial charge in [0.2, 0.25) is 0 Å². The van der Waals surface area contributed by atoms with E-state index in [0.717, 1.165) is 0 Å². The third-order valence-electron chi connectivity index (χ3n) is 1.76. The highest BCUT2D eigenvalue weighted by Crippen LogP contribution is 2.37. The molecular weight excluding hydrogens is 247 g/mol. The zero-order valence-electron chi connectivity index (χ0n) is 6.91. The van der Waals surface area contributed by atoms with Crippen LogP contribution < -0.4 is 5.76 Å². The summed E-state index contributed by atoms with van der Waals surface area (Å²) in [4.78, 5) is 23.0. The maximum Gasteiger partial charge on any atom is 0.417 e. The number of nitro groups is 1. The van der Waals surface area contributed by atoms with Crippen molar-refractivity contribution >= 4 is 40.0 Å². The first-order valence-corrected chi connectivity index (χ1v) is 4.41. The van der Waals surface area contributed by atoms with E-state index in [1.54, 1.807) is 0 Å². The molecule has 15 heavy (non-hydrogen) atoms.